The van der Waals surface area contributed by atoms with Crippen LogP contribution in [0.1, 0.15) is 149 Å². The van der Waals surface area contributed by atoms with E-state index in [1.165, 1.54) is 108 Å². The lowest BCUT2D eigenvalue weighted by molar-refractivity contribution is -0.292. The molecule has 1 aromatic carbocycles. The number of nitrogens with one attached hydrogen (secondary N) is 1. The highest BCUT2D eigenvalue weighted by Crippen LogP contribution is 2.47. The lowest BCUT2D eigenvalue weighted by atomic mass is 9.69. The first-order chi connectivity index (χ1) is 18.1. The Labute approximate surface area is 231 Å². The van der Waals surface area contributed by atoms with Crippen LogP contribution in [0.5, 0.6) is 0 Å². The van der Waals surface area contributed by atoms with Crippen LogP contribution in [0, 0.1) is 5.41 Å². The zero-order valence-corrected chi connectivity index (χ0v) is 25.6. The molecule has 37 heavy (non-hydrogen) atoms. The van der Waals surface area contributed by atoms with Crippen LogP contribution in [0.25, 0.3) is 0 Å². The number of ether oxygens (including phenoxy) is 2. The summed E-state index contributed by atoms with van der Waals surface area (Å²) in [5, 5.41) is 3.75. The first-order valence-corrected chi connectivity index (χ1v) is 16.1. The third kappa shape index (κ3) is 14.2. The summed E-state index contributed by atoms with van der Waals surface area (Å²) in [6, 6.07) is 10.8. The van der Waals surface area contributed by atoms with Crippen LogP contribution in [0.2, 0.25) is 0 Å². The normalized spacial score (nSPS) is 13.6. The maximum Gasteiger partial charge on any atom is 0.171 e. The second-order valence-electron chi connectivity index (χ2n) is 11.2. The fourth-order valence-electron chi connectivity index (χ4n) is 5.95. The number of hydrogen-bond donors (Lipinski definition) is 1. The summed E-state index contributed by atoms with van der Waals surface area (Å²) in [5.41, 5.74) is 1.39. The molecule has 0 aliphatic rings. The van der Waals surface area contributed by atoms with Crippen molar-refractivity contribution < 1.29 is 9.47 Å². The van der Waals surface area contributed by atoms with Crippen molar-refractivity contribution in [3.63, 3.8) is 0 Å². The van der Waals surface area contributed by atoms with E-state index in [0.29, 0.717) is 13.2 Å². The van der Waals surface area contributed by atoms with Gasteiger partial charge in [-0.3, -0.25) is 0 Å². The van der Waals surface area contributed by atoms with Crippen molar-refractivity contribution >= 4 is 0 Å². The van der Waals surface area contributed by atoms with E-state index in [2.05, 4.69) is 70.3 Å². The lowest BCUT2D eigenvalue weighted by Crippen LogP contribution is -2.51. The fraction of sp³-hybridized carbons (Fsp3) is 0.824. The van der Waals surface area contributed by atoms with Gasteiger partial charge in [0.05, 0.1) is 0 Å². The zero-order valence-electron chi connectivity index (χ0n) is 25.6. The van der Waals surface area contributed by atoms with Crippen LogP contribution in [-0.2, 0) is 16.0 Å². The minimum Gasteiger partial charge on any atom is -0.350 e. The van der Waals surface area contributed by atoms with Crippen molar-refractivity contribution in [3.05, 3.63) is 35.9 Å². The molecule has 0 radical (unpaired) electrons. The summed E-state index contributed by atoms with van der Waals surface area (Å²) in [4.78, 5) is 0. The second-order valence-corrected chi connectivity index (χ2v) is 11.2. The summed E-state index contributed by atoms with van der Waals surface area (Å²) >= 11 is 0. The van der Waals surface area contributed by atoms with Crippen molar-refractivity contribution in [2.75, 3.05) is 19.8 Å². The SMILES string of the molecule is CCCCCCCCCCC(CCCCCCCC)(CCNCc1ccccc1)C(C)(OCC)OCC. The molecule has 0 heterocycles. The maximum absolute atomic E-state index is 6.52. The van der Waals surface area contributed by atoms with Gasteiger partial charge in [-0.1, -0.05) is 134 Å². The van der Waals surface area contributed by atoms with Gasteiger partial charge in [-0.15, -0.1) is 0 Å². The molecule has 0 aromatic heterocycles. The van der Waals surface area contributed by atoms with Gasteiger partial charge < -0.3 is 14.8 Å². The van der Waals surface area contributed by atoms with Gasteiger partial charge in [-0.05, 0) is 52.1 Å². The molecular formula is C34H63NO2. The molecule has 0 spiro atoms. The maximum atomic E-state index is 6.52. The molecule has 0 amide bonds. The second kappa shape index (κ2) is 22.0. The molecular weight excluding hydrogens is 454 g/mol. The Kier molecular flexibility index (Phi) is 20.3. The van der Waals surface area contributed by atoms with Crippen LogP contribution in [0.15, 0.2) is 30.3 Å². The quantitative estimate of drug-likeness (QED) is 0.0979. The Hall–Kier alpha value is -0.900. The van der Waals surface area contributed by atoms with E-state index >= 15 is 0 Å². The van der Waals surface area contributed by atoms with Crippen molar-refractivity contribution in [3.8, 4) is 0 Å². The van der Waals surface area contributed by atoms with Gasteiger partial charge in [0.15, 0.2) is 5.79 Å². The fourth-order valence-corrected chi connectivity index (χ4v) is 5.95. The topological polar surface area (TPSA) is 30.5 Å². The molecule has 0 saturated heterocycles. The molecule has 0 aliphatic heterocycles. The van der Waals surface area contributed by atoms with E-state index in [4.69, 9.17) is 9.47 Å². The zero-order chi connectivity index (χ0) is 27.1. The predicted octanol–water partition coefficient (Wildman–Crippen LogP) is 10.2. The third-order valence-electron chi connectivity index (χ3n) is 8.27. The van der Waals surface area contributed by atoms with Crippen molar-refractivity contribution in [2.45, 2.75) is 156 Å². The van der Waals surface area contributed by atoms with E-state index in [-0.39, 0.29) is 5.41 Å². The molecule has 1 aromatic rings. The molecule has 0 aliphatic carbocycles. The highest BCUT2D eigenvalue weighted by molar-refractivity contribution is 5.14. The smallest absolute Gasteiger partial charge is 0.171 e. The molecule has 0 saturated carbocycles. The summed E-state index contributed by atoms with van der Waals surface area (Å²) < 4.78 is 13.0. The molecule has 216 valence electrons. The number of unbranched alkanes of at least 4 members (excludes halogenated alkanes) is 12. The molecule has 3 nitrogen and oxygen atoms in total. The molecule has 0 bridgehead atoms. The van der Waals surface area contributed by atoms with E-state index in [1.807, 2.05) is 0 Å². The molecule has 1 atom stereocenters. The predicted molar refractivity (Wildman–Crippen MR) is 162 cm³/mol. The van der Waals surface area contributed by atoms with Gasteiger partial charge in [-0.25, -0.2) is 0 Å². The van der Waals surface area contributed by atoms with E-state index in [1.54, 1.807) is 0 Å². The summed E-state index contributed by atoms with van der Waals surface area (Å²) in [6.07, 6.45) is 22.3. The first kappa shape index (κ1) is 34.1. The van der Waals surface area contributed by atoms with Gasteiger partial charge in [0.1, 0.15) is 0 Å². The van der Waals surface area contributed by atoms with E-state index < -0.39 is 5.79 Å². The van der Waals surface area contributed by atoms with Gasteiger partial charge in [0.25, 0.3) is 0 Å². The lowest BCUT2D eigenvalue weighted by Gasteiger charge is -2.48. The summed E-state index contributed by atoms with van der Waals surface area (Å²) in [5.74, 6) is -0.532. The first-order valence-electron chi connectivity index (χ1n) is 16.1. The average Bonchev–Trinajstić information content (AvgIpc) is 2.90. The molecule has 1 unspecified atom stereocenters. The minimum absolute atomic E-state index is 0.0374. The van der Waals surface area contributed by atoms with E-state index in [9.17, 15) is 0 Å². The van der Waals surface area contributed by atoms with E-state index in [0.717, 1.165) is 19.5 Å². The number of rotatable bonds is 26. The Morgan fingerprint density at radius 2 is 1.05 bits per heavy atom. The van der Waals surface area contributed by atoms with Gasteiger partial charge in [-0.2, -0.15) is 0 Å². The Morgan fingerprint density at radius 3 is 1.51 bits per heavy atom. The number of hydrogen-bond acceptors (Lipinski definition) is 3. The molecule has 1 rings (SSSR count). The van der Waals surface area contributed by atoms with Crippen molar-refractivity contribution in [2.24, 2.45) is 5.41 Å². The summed E-state index contributed by atoms with van der Waals surface area (Å²) in [7, 11) is 0. The Morgan fingerprint density at radius 1 is 0.595 bits per heavy atom. The summed E-state index contributed by atoms with van der Waals surface area (Å²) in [6.45, 7) is 14.4. The van der Waals surface area contributed by atoms with Gasteiger partial charge >= 0.3 is 0 Å². The standard InChI is InChI=1S/C34H63NO2/c1-6-10-12-14-16-17-19-24-28-34(27-23-18-15-13-11-7-2,33(5,36-8-3)37-9-4)29-30-35-31-32-25-21-20-22-26-32/h20-22,25-26,35H,6-19,23-24,27-31H2,1-5H3. The Bertz CT molecular complexity index is 614. The highest BCUT2D eigenvalue weighted by Gasteiger charge is 2.48. The number of benzene rings is 1. The van der Waals surface area contributed by atoms with Gasteiger partial charge in [0, 0.05) is 25.2 Å². The largest absolute Gasteiger partial charge is 0.350 e. The highest BCUT2D eigenvalue weighted by atomic mass is 16.7. The van der Waals surface area contributed by atoms with Crippen molar-refractivity contribution in [1.29, 1.82) is 0 Å². The molecule has 1 N–H and O–H groups in total. The van der Waals surface area contributed by atoms with Gasteiger partial charge in [0.2, 0.25) is 0 Å². The monoisotopic (exact) mass is 517 g/mol. The molecule has 3 heteroatoms. The van der Waals surface area contributed by atoms with Crippen LogP contribution < -0.4 is 5.32 Å². The third-order valence-corrected chi connectivity index (χ3v) is 8.27. The van der Waals surface area contributed by atoms with Crippen LogP contribution in [0.3, 0.4) is 0 Å². The van der Waals surface area contributed by atoms with Crippen LogP contribution in [-0.4, -0.2) is 25.5 Å². The minimum atomic E-state index is -0.532. The average molecular weight is 518 g/mol. The Balaban J connectivity index is 2.89. The van der Waals surface area contributed by atoms with Crippen molar-refractivity contribution in [1.82, 2.24) is 5.32 Å². The molecule has 0 fully saturated rings. The van der Waals surface area contributed by atoms with Crippen LogP contribution >= 0.6 is 0 Å². The van der Waals surface area contributed by atoms with Crippen LogP contribution in [0.4, 0.5) is 0 Å².